The lowest BCUT2D eigenvalue weighted by molar-refractivity contribution is -0.117. The lowest BCUT2D eigenvalue weighted by atomic mass is 9.92. The second kappa shape index (κ2) is 5.65. The van der Waals surface area contributed by atoms with Gasteiger partial charge in [-0.1, -0.05) is 6.42 Å². The molecule has 0 heterocycles. The average molecular weight is 243 g/mol. The van der Waals surface area contributed by atoms with Crippen LogP contribution in [0.1, 0.15) is 24.8 Å². The average Bonchev–Trinajstić information content (AvgIpc) is 2.27. The Balaban J connectivity index is 1.84. The number of nitriles is 1. The number of rotatable bonds is 4. The number of carbonyl (C=O) groups excluding carboxylic acids is 1. The normalized spacial score (nSPS) is 14.9. The predicted octanol–water partition coefficient (Wildman–Crippen LogP) is 1.98. The summed E-state index contributed by atoms with van der Waals surface area (Å²) in [6.45, 7) is 0.421. The van der Waals surface area contributed by atoms with Gasteiger partial charge in [0.05, 0.1) is 18.2 Å². The molecule has 94 valence electrons. The summed E-state index contributed by atoms with van der Waals surface area (Å²) in [4.78, 5) is 13.9. The van der Waals surface area contributed by atoms with Crippen LogP contribution in [-0.4, -0.2) is 30.4 Å². The highest BCUT2D eigenvalue weighted by Gasteiger charge is 2.23. The van der Waals surface area contributed by atoms with Gasteiger partial charge in [-0.15, -0.1) is 0 Å². The van der Waals surface area contributed by atoms with Gasteiger partial charge in [0.25, 0.3) is 0 Å². The van der Waals surface area contributed by atoms with Crippen LogP contribution in [0.2, 0.25) is 0 Å². The summed E-state index contributed by atoms with van der Waals surface area (Å²) in [5.74, 6) is -0.00546. The maximum atomic E-state index is 11.8. The van der Waals surface area contributed by atoms with Crippen molar-refractivity contribution in [3.05, 3.63) is 29.8 Å². The summed E-state index contributed by atoms with van der Waals surface area (Å²) in [6, 6.07) is 9.51. The van der Waals surface area contributed by atoms with Crippen molar-refractivity contribution >= 4 is 11.6 Å². The first-order valence-corrected chi connectivity index (χ1v) is 6.19. The highest BCUT2D eigenvalue weighted by atomic mass is 16.2. The molecular weight excluding hydrogens is 226 g/mol. The topological polar surface area (TPSA) is 56.1 Å². The van der Waals surface area contributed by atoms with Crippen molar-refractivity contribution in [2.75, 3.05) is 18.9 Å². The fourth-order valence-corrected chi connectivity index (χ4v) is 2.01. The Morgan fingerprint density at radius 3 is 2.61 bits per heavy atom. The minimum absolute atomic E-state index is 0.00546. The number of carbonyl (C=O) groups is 1. The molecule has 0 aliphatic heterocycles. The standard InChI is InChI=1S/C14H17N3O/c1-17(13-3-2-4-13)10-14(18)16-12-7-5-11(9-15)6-8-12/h5-8,13H,2-4,10H2,1H3,(H,16,18). The molecule has 4 nitrogen and oxygen atoms in total. The lowest BCUT2D eigenvalue weighted by Gasteiger charge is -2.34. The molecule has 0 aromatic heterocycles. The molecule has 18 heavy (non-hydrogen) atoms. The van der Waals surface area contributed by atoms with Gasteiger partial charge >= 0.3 is 0 Å². The van der Waals surface area contributed by atoms with Crippen molar-refractivity contribution in [1.82, 2.24) is 4.90 Å². The molecule has 1 aliphatic carbocycles. The minimum Gasteiger partial charge on any atom is -0.325 e. The molecule has 1 aliphatic rings. The molecule has 1 aromatic carbocycles. The molecule has 1 aromatic rings. The third-order valence-corrected chi connectivity index (χ3v) is 3.39. The maximum Gasteiger partial charge on any atom is 0.238 e. The van der Waals surface area contributed by atoms with Crippen molar-refractivity contribution < 1.29 is 4.79 Å². The van der Waals surface area contributed by atoms with E-state index in [2.05, 4.69) is 10.2 Å². The number of nitrogens with one attached hydrogen (secondary N) is 1. The van der Waals surface area contributed by atoms with Crippen molar-refractivity contribution in [1.29, 1.82) is 5.26 Å². The number of likely N-dealkylation sites (N-methyl/N-ethyl adjacent to an activating group) is 1. The number of anilines is 1. The molecule has 0 saturated heterocycles. The number of hydrogen-bond donors (Lipinski definition) is 1. The van der Waals surface area contributed by atoms with Crippen molar-refractivity contribution in [2.24, 2.45) is 0 Å². The Bertz CT molecular complexity index is 457. The van der Waals surface area contributed by atoms with Gasteiger partial charge in [-0.05, 0) is 44.2 Å². The van der Waals surface area contributed by atoms with Crippen LogP contribution in [0.5, 0.6) is 0 Å². The number of amides is 1. The third kappa shape index (κ3) is 3.08. The van der Waals surface area contributed by atoms with Crippen LogP contribution in [0.15, 0.2) is 24.3 Å². The zero-order valence-corrected chi connectivity index (χ0v) is 10.5. The summed E-state index contributed by atoms with van der Waals surface area (Å²) in [5.41, 5.74) is 1.33. The van der Waals surface area contributed by atoms with Crippen LogP contribution >= 0.6 is 0 Å². The van der Waals surface area contributed by atoms with Gasteiger partial charge in [-0.3, -0.25) is 9.69 Å². The molecule has 4 heteroatoms. The quantitative estimate of drug-likeness (QED) is 0.879. The van der Waals surface area contributed by atoms with Crippen molar-refractivity contribution in [2.45, 2.75) is 25.3 Å². The summed E-state index contributed by atoms with van der Waals surface area (Å²) in [5, 5.41) is 11.5. The Morgan fingerprint density at radius 1 is 1.44 bits per heavy atom. The van der Waals surface area contributed by atoms with E-state index in [1.54, 1.807) is 24.3 Å². The minimum atomic E-state index is -0.00546. The molecule has 0 unspecified atom stereocenters. The van der Waals surface area contributed by atoms with Crippen LogP contribution in [-0.2, 0) is 4.79 Å². The Hall–Kier alpha value is -1.86. The van der Waals surface area contributed by atoms with E-state index >= 15 is 0 Å². The highest BCUT2D eigenvalue weighted by Crippen LogP contribution is 2.23. The highest BCUT2D eigenvalue weighted by molar-refractivity contribution is 5.92. The zero-order chi connectivity index (χ0) is 13.0. The number of benzene rings is 1. The van der Waals surface area contributed by atoms with Crippen LogP contribution in [0.4, 0.5) is 5.69 Å². The van der Waals surface area contributed by atoms with Crippen LogP contribution < -0.4 is 5.32 Å². The van der Waals surface area contributed by atoms with E-state index in [1.807, 2.05) is 13.1 Å². The largest absolute Gasteiger partial charge is 0.325 e. The number of nitrogens with zero attached hydrogens (tertiary/aromatic N) is 2. The number of hydrogen-bond acceptors (Lipinski definition) is 3. The SMILES string of the molecule is CN(CC(=O)Nc1ccc(C#N)cc1)C1CCC1. The molecule has 1 amide bonds. The van der Waals surface area contributed by atoms with Crippen LogP contribution in [0, 0.1) is 11.3 Å². The molecule has 1 N–H and O–H groups in total. The first kappa shape index (κ1) is 12.6. The molecule has 0 spiro atoms. The molecular formula is C14H17N3O. The van der Waals surface area contributed by atoms with E-state index in [9.17, 15) is 4.79 Å². The Kier molecular flexibility index (Phi) is 3.96. The zero-order valence-electron chi connectivity index (χ0n) is 10.5. The van der Waals surface area contributed by atoms with Crippen LogP contribution in [0.25, 0.3) is 0 Å². The van der Waals surface area contributed by atoms with Gasteiger partial charge in [0, 0.05) is 11.7 Å². The summed E-state index contributed by atoms with van der Waals surface area (Å²) in [6.07, 6.45) is 3.66. The van der Waals surface area contributed by atoms with E-state index in [0.29, 0.717) is 18.2 Å². The molecule has 1 fully saturated rings. The first-order chi connectivity index (χ1) is 8.69. The maximum absolute atomic E-state index is 11.8. The fourth-order valence-electron chi connectivity index (χ4n) is 2.01. The van der Waals surface area contributed by atoms with Crippen molar-refractivity contribution in [3.63, 3.8) is 0 Å². The molecule has 2 rings (SSSR count). The van der Waals surface area contributed by atoms with Crippen LogP contribution in [0.3, 0.4) is 0 Å². The summed E-state index contributed by atoms with van der Waals surface area (Å²) in [7, 11) is 1.99. The van der Waals surface area contributed by atoms with E-state index in [0.717, 1.165) is 5.69 Å². The monoisotopic (exact) mass is 243 g/mol. The third-order valence-electron chi connectivity index (χ3n) is 3.39. The first-order valence-electron chi connectivity index (χ1n) is 6.19. The van der Waals surface area contributed by atoms with Gasteiger partial charge in [-0.25, -0.2) is 0 Å². The second-order valence-corrected chi connectivity index (χ2v) is 4.74. The molecule has 0 bridgehead atoms. The Labute approximate surface area is 107 Å². The Morgan fingerprint density at radius 2 is 2.11 bits per heavy atom. The van der Waals surface area contributed by atoms with Gasteiger partial charge in [-0.2, -0.15) is 5.26 Å². The van der Waals surface area contributed by atoms with E-state index < -0.39 is 0 Å². The van der Waals surface area contributed by atoms with E-state index in [1.165, 1.54) is 19.3 Å². The molecule has 0 atom stereocenters. The lowest BCUT2D eigenvalue weighted by Crippen LogP contribution is -2.41. The van der Waals surface area contributed by atoms with E-state index in [-0.39, 0.29) is 5.91 Å². The second-order valence-electron chi connectivity index (χ2n) is 4.74. The molecule has 0 radical (unpaired) electrons. The van der Waals surface area contributed by atoms with Gasteiger partial charge in [0.2, 0.25) is 5.91 Å². The van der Waals surface area contributed by atoms with Gasteiger partial charge in [0.15, 0.2) is 0 Å². The molecule has 1 saturated carbocycles. The van der Waals surface area contributed by atoms with E-state index in [4.69, 9.17) is 5.26 Å². The fraction of sp³-hybridized carbons (Fsp3) is 0.429. The predicted molar refractivity (Wildman–Crippen MR) is 70.1 cm³/mol. The van der Waals surface area contributed by atoms with Gasteiger partial charge < -0.3 is 5.32 Å². The summed E-state index contributed by atoms with van der Waals surface area (Å²) < 4.78 is 0. The smallest absolute Gasteiger partial charge is 0.238 e. The van der Waals surface area contributed by atoms with Crippen molar-refractivity contribution in [3.8, 4) is 6.07 Å². The summed E-state index contributed by atoms with van der Waals surface area (Å²) >= 11 is 0. The van der Waals surface area contributed by atoms with Gasteiger partial charge in [0.1, 0.15) is 0 Å².